The van der Waals surface area contributed by atoms with Gasteiger partial charge in [-0.15, -0.1) is 0 Å². The molecule has 0 aliphatic carbocycles. The lowest BCUT2D eigenvalue weighted by molar-refractivity contribution is 0.0713. The molecule has 0 atom stereocenters. The number of nitrogens with zero attached hydrogens (tertiary/aromatic N) is 2. The summed E-state index contributed by atoms with van der Waals surface area (Å²) in [5, 5.41) is 0.611. The SMILES string of the molecule is COCCOCCCSc1nc(N)cc(N)n1. The van der Waals surface area contributed by atoms with Gasteiger partial charge in [-0.3, -0.25) is 0 Å². The van der Waals surface area contributed by atoms with Crippen molar-refractivity contribution in [1.29, 1.82) is 0 Å². The van der Waals surface area contributed by atoms with Crippen molar-refractivity contribution < 1.29 is 9.47 Å². The average molecular weight is 258 g/mol. The van der Waals surface area contributed by atoms with Gasteiger partial charge in [-0.05, 0) is 6.42 Å². The van der Waals surface area contributed by atoms with Crippen molar-refractivity contribution in [2.45, 2.75) is 11.6 Å². The molecule has 0 radical (unpaired) electrons. The third-order valence-corrected chi connectivity index (χ3v) is 2.77. The Morgan fingerprint density at radius 3 is 2.53 bits per heavy atom. The number of nitrogens with two attached hydrogens (primary N) is 2. The van der Waals surface area contributed by atoms with Crippen LogP contribution in [0.25, 0.3) is 0 Å². The molecule has 0 spiro atoms. The van der Waals surface area contributed by atoms with E-state index in [9.17, 15) is 0 Å². The van der Waals surface area contributed by atoms with E-state index in [2.05, 4.69) is 9.97 Å². The van der Waals surface area contributed by atoms with Gasteiger partial charge in [0.1, 0.15) is 11.6 Å². The summed E-state index contributed by atoms with van der Waals surface area (Å²) in [4.78, 5) is 8.14. The molecule has 17 heavy (non-hydrogen) atoms. The summed E-state index contributed by atoms with van der Waals surface area (Å²) in [6, 6.07) is 1.54. The van der Waals surface area contributed by atoms with E-state index in [1.165, 1.54) is 17.8 Å². The summed E-state index contributed by atoms with van der Waals surface area (Å²) < 4.78 is 10.2. The van der Waals surface area contributed by atoms with Gasteiger partial charge in [0, 0.05) is 25.5 Å². The Morgan fingerprint density at radius 2 is 1.88 bits per heavy atom. The summed E-state index contributed by atoms with van der Waals surface area (Å²) in [6.45, 7) is 1.96. The number of anilines is 2. The maximum atomic E-state index is 5.56. The Bertz CT molecular complexity index is 318. The topological polar surface area (TPSA) is 96.3 Å². The standard InChI is InChI=1S/C10H18N4O2S/c1-15-4-5-16-3-2-6-17-10-13-8(11)7-9(12)14-10/h7H,2-6H2,1H3,(H4,11,12,13,14). The molecular weight excluding hydrogens is 240 g/mol. The molecule has 1 heterocycles. The summed E-state index contributed by atoms with van der Waals surface area (Å²) in [5.74, 6) is 1.67. The predicted octanol–water partition coefficient (Wildman–Crippen LogP) is 0.786. The zero-order chi connectivity index (χ0) is 12.5. The van der Waals surface area contributed by atoms with E-state index in [0.717, 1.165) is 12.2 Å². The van der Waals surface area contributed by atoms with E-state index in [1.54, 1.807) is 7.11 Å². The third kappa shape index (κ3) is 6.30. The van der Waals surface area contributed by atoms with Crippen molar-refractivity contribution in [3.8, 4) is 0 Å². The maximum absolute atomic E-state index is 5.56. The molecule has 0 bridgehead atoms. The summed E-state index contributed by atoms with van der Waals surface area (Å²) >= 11 is 1.52. The van der Waals surface area contributed by atoms with Crippen LogP contribution in [-0.2, 0) is 9.47 Å². The molecule has 6 nitrogen and oxygen atoms in total. The fraction of sp³-hybridized carbons (Fsp3) is 0.600. The largest absolute Gasteiger partial charge is 0.383 e. The number of hydrogen-bond donors (Lipinski definition) is 2. The van der Waals surface area contributed by atoms with Crippen LogP contribution in [-0.4, -0.2) is 42.7 Å². The number of thioether (sulfide) groups is 1. The fourth-order valence-corrected chi connectivity index (χ4v) is 1.88. The number of hydrogen-bond acceptors (Lipinski definition) is 7. The lowest BCUT2D eigenvalue weighted by Crippen LogP contribution is -2.04. The van der Waals surface area contributed by atoms with Gasteiger partial charge in [-0.1, -0.05) is 11.8 Å². The van der Waals surface area contributed by atoms with Gasteiger partial charge in [0.2, 0.25) is 0 Å². The zero-order valence-corrected chi connectivity index (χ0v) is 10.7. The monoisotopic (exact) mass is 258 g/mol. The second kappa shape index (κ2) is 8.10. The first-order valence-corrected chi connectivity index (χ1v) is 6.30. The minimum atomic E-state index is 0.399. The van der Waals surface area contributed by atoms with Crippen LogP contribution in [0.15, 0.2) is 11.2 Å². The Balaban J connectivity index is 2.13. The van der Waals surface area contributed by atoms with Gasteiger partial charge < -0.3 is 20.9 Å². The molecule has 1 rings (SSSR count). The molecule has 0 aliphatic rings. The van der Waals surface area contributed by atoms with E-state index in [-0.39, 0.29) is 0 Å². The Morgan fingerprint density at radius 1 is 1.18 bits per heavy atom. The van der Waals surface area contributed by atoms with Crippen LogP contribution in [0.5, 0.6) is 0 Å². The fourth-order valence-electron chi connectivity index (χ4n) is 1.10. The Labute approximate surface area is 105 Å². The van der Waals surface area contributed by atoms with Crippen molar-refractivity contribution in [2.24, 2.45) is 0 Å². The second-order valence-corrected chi connectivity index (χ2v) is 4.37. The van der Waals surface area contributed by atoms with Gasteiger partial charge in [0.25, 0.3) is 0 Å². The van der Waals surface area contributed by atoms with Crippen molar-refractivity contribution in [3.05, 3.63) is 6.07 Å². The lowest BCUT2D eigenvalue weighted by Gasteiger charge is -2.04. The molecule has 96 valence electrons. The van der Waals surface area contributed by atoms with Crippen molar-refractivity contribution in [2.75, 3.05) is 44.2 Å². The molecule has 0 aromatic carbocycles. The first-order valence-electron chi connectivity index (χ1n) is 5.32. The molecule has 4 N–H and O–H groups in total. The van der Waals surface area contributed by atoms with Crippen LogP contribution in [0.2, 0.25) is 0 Å². The first-order chi connectivity index (χ1) is 8.22. The van der Waals surface area contributed by atoms with Crippen molar-refractivity contribution in [3.63, 3.8) is 0 Å². The van der Waals surface area contributed by atoms with Crippen molar-refractivity contribution >= 4 is 23.4 Å². The van der Waals surface area contributed by atoms with Gasteiger partial charge in [0.05, 0.1) is 13.2 Å². The maximum Gasteiger partial charge on any atom is 0.191 e. The first kappa shape index (κ1) is 14.0. The van der Waals surface area contributed by atoms with Crippen LogP contribution in [0, 0.1) is 0 Å². The number of ether oxygens (including phenoxy) is 2. The van der Waals surface area contributed by atoms with E-state index < -0.39 is 0 Å². The normalized spacial score (nSPS) is 10.6. The number of rotatable bonds is 8. The molecule has 1 aromatic rings. The highest BCUT2D eigenvalue weighted by Crippen LogP contribution is 2.16. The summed E-state index contributed by atoms with van der Waals surface area (Å²) in [5.41, 5.74) is 11.1. The molecular formula is C10H18N4O2S. The molecule has 0 amide bonds. The molecule has 1 aromatic heterocycles. The van der Waals surface area contributed by atoms with Gasteiger partial charge in [-0.25, -0.2) is 9.97 Å². The van der Waals surface area contributed by atoms with Crippen LogP contribution in [0.3, 0.4) is 0 Å². The van der Waals surface area contributed by atoms with E-state index in [1.807, 2.05) is 0 Å². The smallest absolute Gasteiger partial charge is 0.191 e. The van der Waals surface area contributed by atoms with E-state index in [0.29, 0.717) is 36.6 Å². The van der Waals surface area contributed by atoms with Crippen LogP contribution in [0.1, 0.15) is 6.42 Å². The molecule has 7 heteroatoms. The van der Waals surface area contributed by atoms with Crippen molar-refractivity contribution in [1.82, 2.24) is 9.97 Å². The van der Waals surface area contributed by atoms with Gasteiger partial charge in [0.15, 0.2) is 5.16 Å². The minimum Gasteiger partial charge on any atom is -0.383 e. The molecule has 0 unspecified atom stereocenters. The zero-order valence-electron chi connectivity index (χ0n) is 9.89. The van der Waals surface area contributed by atoms with Crippen LogP contribution in [0.4, 0.5) is 11.6 Å². The van der Waals surface area contributed by atoms with Crippen LogP contribution < -0.4 is 11.5 Å². The van der Waals surface area contributed by atoms with Crippen LogP contribution >= 0.6 is 11.8 Å². The highest BCUT2D eigenvalue weighted by Gasteiger charge is 2.01. The van der Waals surface area contributed by atoms with Gasteiger partial charge in [-0.2, -0.15) is 0 Å². The van der Waals surface area contributed by atoms with E-state index in [4.69, 9.17) is 20.9 Å². The Hall–Kier alpha value is -1.05. The molecule has 0 aliphatic heterocycles. The lowest BCUT2D eigenvalue weighted by atomic mass is 10.5. The Kier molecular flexibility index (Phi) is 6.68. The summed E-state index contributed by atoms with van der Waals surface area (Å²) in [7, 11) is 1.65. The van der Waals surface area contributed by atoms with E-state index >= 15 is 0 Å². The number of aromatic nitrogens is 2. The third-order valence-electron chi connectivity index (χ3n) is 1.84. The van der Waals surface area contributed by atoms with Gasteiger partial charge >= 0.3 is 0 Å². The minimum absolute atomic E-state index is 0.399. The second-order valence-electron chi connectivity index (χ2n) is 3.31. The predicted molar refractivity (Wildman–Crippen MR) is 68.9 cm³/mol. The molecule has 0 saturated carbocycles. The average Bonchev–Trinajstić information content (AvgIpc) is 2.26. The number of nitrogen functional groups attached to an aromatic ring is 2. The highest BCUT2D eigenvalue weighted by atomic mass is 32.2. The number of methoxy groups -OCH3 is 1. The highest BCUT2D eigenvalue weighted by molar-refractivity contribution is 7.99. The quantitative estimate of drug-likeness (QED) is 0.404. The molecule has 0 fully saturated rings. The summed E-state index contributed by atoms with van der Waals surface area (Å²) in [6.07, 6.45) is 0.923. The molecule has 0 saturated heterocycles.